The quantitative estimate of drug-likeness (QED) is 0.662. The number of thiophene rings is 1. The van der Waals surface area contributed by atoms with Gasteiger partial charge in [0.1, 0.15) is 0 Å². The third-order valence-corrected chi connectivity index (χ3v) is 4.72. The van der Waals surface area contributed by atoms with E-state index in [4.69, 9.17) is 0 Å². The van der Waals surface area contributed by atoms with Gasteiger partial charge in [-0.2, -0.15) is 5.10 Å². The van der Waals surface area contributed by atoms with Crippen LogP contribution in [0.2, 0.25) is 0 Å². The van der Waals surface area contributed by atoms with E-state index in [0.717, 1.165) is 16.1 Å². The van der Waals surface area contributed by atoms with Crippen LogP contribution in [0.1, 0.15) is 16.0 Å². The van der Waals surface area contributed by atoms with E-state index >= 15 is 0 Å². The van der Waals surface area contributed by atoms with Gasteiger partial charge in [0.15, 0.2) is 0 Å². The van der Waals surface area contributed by atoms with Crippen molar-refractivity contribution in [3.8, 4) is 5.69 Å². The monoisotopic (exact) mass is 337 g/mol. The first-order chi connectivity index (χ1) is 11.6. The minimum absolute atomic E-state index is 0.0183. The zero-order valence-electron chi connectivity index (χ0n) is 13.7. The molecule has 122 valence electrons. The Bertz CT molecular complexity index is 848. The van der Waals surface area contributed by atoms with E-state index in [2.05, 4.69) is 11.2 Å². The maximum atomic E-state index is 12.2. The SMILES string of the molecule is Cc1ccsc1/C=C/C(=O)N(C)Cc1cnn(-c2ccccc2)c1. The van der Waals surface area contributed by atoms with Gasteiger partial charge in [-0.25, -0.2) is 4.68 Å². The summed E-state index contributed by atoms with van der Waals surface area (Å²) in [4.78, 5) is 15.1. The second-order valence-corrected chi connectivity index (χ2v) is 6.57. The molecule has 1 amide bonds. The van der Waals surface area contributed by atoms with Crippen LogP contribution in [0, 0.1) is 6.92 Å². The van der Waals surface area contributed by atoms with E-state index in [0.29, 0.717) is 6.54 Å². The molecule has 0 saturated carbocycles. The molecular weight excluding hydrogens is 318 g/mol. The molecule has 24 heavy (non-hydrogen) atoms. The summed E-state index contributed by atoms with van der Waals surface area (Å²) < 4.78 is 1.82. The number of hydrogen-bond donors (Lipinski definition) is 0. The van der Waals surface area contributed by atoms with E-state index in [1.54, 1.807) is 35.6 Å². The Kier molecular flexibility index (Phi) is 4.91. The van der Waals surface area contributed by atoms with Crippen molar-refractivity contribution in [1.82, 2.24) is 14.7 Å². The summed E-state index contributed by atoms with van der Waals surface area (Å²) in [5.74, 6) is -0.0183. The second kappa shape index (κ2) is 7.27. The molecule has 0 bridgehead atoms. The molecule has 2 heterocycles. The number of carbonyl (C=O) groups is 1. The fourth-order valence-electron chi connectivity index (χ4n) is 2.34. The molecule has 0 aliphatic carbocycles. The molecule has 0 N–H and O–H groups in total. The third-order valence-electron chi connectivity index (χ3n) is 3.73. The first-order valence-corrected chi connectivity index (χ1v) is 8.57. The van der Waals surface area contributed by atoms with Crippen molar-refractivity contribution in [3.05, 3.63) is 76.3 Å². The first-order valence-electron chi connectivity index (χ1n) is 7.70. The zero-order valence-corrected chi connectivity index (χ0v) is 14.5. The summed E-state index contributed by atoms with van der Waals surface area (Å²) in [6.07, 6.45) is 7.25. The fraction of sp³-hybridized carbons (Fsp3) is 0.158. The van der Waals surface area contributed by atoms with Crippen LogP contribution in [-0.4, -0.2) is 27.6 Å². The van der Waals surface area contributed by atoms with Gasteiger partial charge in [-0.15, -0.1) is 11.3 Å². The van der Waals surface area contributed by atoms with Crippen molar-refractivity contribution in [2.24, 2.45) is 0 Å². The van der Waals surface area contributed by atoms with E-state index in [9.17, 15) is 4.79 Å². The number of likely N-dealkylation sites (N-methyl/N-ethyl adjacent to an activating group) is 1. The highest BCUT2D eigenvalue weighted by Crippen LogP contribution is 2.17. The number of hydrogen-bond acceptors (Lipinski definition) is 3. The summed E-state index contributed by atoms with van der Waals surface area (Å²) >= 11 is 1.64. The molecule has 3 rings (SSSR count). The fourth-order valence-corrected chi connectivity index (χ4v) is 3.16. The average molecular weight is 337 g/mol. The van der Waals surface area contributed by atoms with E-state index < -0.39 is 0 Å². The molecule has 0 aliphatic rings. The number of aromatic nitrogens is 2. The summed E-state index contributed by atoms with van der Waals surface area (Å²) in [7, 11) is 1.80. The first kappa shape index (κ1) is 16.2. The van der Waals surface area contributed by atoms with Crippen LogP contribution in [0.4, 0.5) is 0 Å². The smallest absolute Gasteiger partial charge is 0.246 e. The minimum atomic E-state index is -0.0183. The number of carbonyl (C=O) groups excluding carboxylic acids is 1. The normalized spacial score (nSPS) is 11.1. The van der Waals surface area contributed by atoms with Crippen molar-refractivity contribution in [2.75, 3.05) is 7.05 Å². The van der Waals surface area contributed by atoms with Crippen molar-refractivity contribution < 1.29 is 4.79 Å². The number of rotatable bonds is 5. The van der Waals surface area contributed by atoms with Crippen molar-refractivity contribution >= 4 is 23.3 Å². The largest absolute Gasteiger partial charge is 0.338 e. The van der Waals surface area contributed by atoms with Crippen LogP contribution in [0.3, 0.4) is 0 Å². The highest BCUT2D eigenvalue weighted by molar-refractivity contribution is 7.11. The molecule has 0 unspecified atom stereocenters. The van der Waals surface area contributed by atoms with Gasteiger partial charge in [-0.1, -0.05) is 18.2 Å². The van der Waals surface area contributed by atoms with Gasteiger partial charge < -0.3 is 4.90 Å². The highest BCUT2D eigenvalue weighted by atomic mass is 32.1. The van der Waals surface area contributed by atoms with Gasteiger partial charge in [0.05, 0.1) is 11.9 Å². The summed E-state index contributed by atoms with van der Waals surface area (Å²) in [6.45, 7) is 2.57. The lowest BCUT2D eigenvalue weighted by molar-refractivity contribution is -0.125. The Morgan fingerprint density at radius 1 is 1.29 bits per heavy atom. The lowest BCUT2D eigenvalue weighted by atomic mass is 10.2. The van der Waals surface area contributed by atoms with Gasteiger partial charge in [-0.3, -0.25) is 4.79 Å². The van der Waals surface area contributed by atoms with Gasteiger partial charge >= 0.3 is 0 Å². The average Bonchev–Trinajstić information content (AvgIpc) is 3.22. The molecule has 4 nitrogen and oxygen atoms in total. The Balaban J connectivity index is 1.63. The van der Waals surface area contributed by atoms with E-state index in [1.165, 1.54) is 5.56 Å². The summed E-state index contributed by atoms with van der Waals surface area (Å²) in [5, 5.41) is 6.39. The van der Waals surface area contributed by atoms with Gasteiger partial charge in [0.25, 0.3) is 0 Å². The number of aryl methyl sites for hydroxylation is 1. The summed E-state index contributed by atoms with van der Waals surface area (Å²) in [5.41, 5.74) is 3.19. The number of para-hydroxylation sites is 1. The van der Waals surface area contributed by atoms with Crippen LogP contribution in [0.25, 0.3) is 11.8 Å². The second-order valence-electron chi connectivity index (χ2n) is 5.62. The third kappa shape index (κ3) is 3.81. The highest BCUT2D eigenvalue weighted by Gasteiger charge is 2.08. The molecule has 0 atom stereocenters. The molecule has 0 aliphatic heterocycles. The predicted octanol–water partition coefficient (Wildman–Crippen LogP) is 3.91. The van der Waals surface area contributed by atoms with Crippen molar-refractivity contribution in [2.45, 2.75) is 13.5 Å². The molecule has 2 aromatic heterocycles. The van der Waals surface area contributed by atoms with Crippen LogP contribution in [0.15, 0.2) is 60.2 Å². The maximum absolute atomic E-state index is 12.2. The van der Waals surface area contributed by atoms with Crippen molar-refractivity contribution in [3.63, 3.8) is 0 Å². The van der Waals surface area contributed by atoms with Crippen LogP contribution in [0.5, 0.6) is 0 Å². The van der Waals surface area contributed by atoms with Gasteiger partial charge in [0, 0.05) is 36.3 Å². The zero-order chi connectivity index (χ0) is 16.9. The standard InChI is InChI=1S/C19H19N3OS/c1-15-10-11-24-18(15)8-9-19(23)21(2)13-16-12-20-22(14-16)17-6-4-3-5-7-17/h3-12,14H,13H2,1-2H3/b9-8+. The Hall–Kier alpha value is -2.66. The molecule has 0 spiro atoms. The predicted molar refractivity (Wildman–Crippen MR) is 98.1 cm³/mol. The van der Waals surface area contributed by atoms with Crippen molar-refractivity contribution in [1.29, 1.82) is 0 Å². The van der Waals surface area contributed by atoms with E-state index in [1.807, 2.05) is 59.6 Å². The maximum Gasteiger partial charge on any atom is 0.246 e. The number of nitrogens with zero attached hydrogens (tertiary/aromatic N) is 3. The van der Waals surface area contributed by atoms with Crippen LogP contribution in [-0.2, 0) is 11.3 Å². The molecule has 3 aromatic rings. The molecule has 1 aromatic carbocycles. The van der Waals surface area contributed by atoms with Gasteiger partial charge in [-0.05, 0) is 42.1 Å². The van der Waals surface area contributed by atoms with Crippen LogP contribution >= 0.6 is 11.3 Å². The molecular formula is C19H19N3OS. The lowest BCUT2D eigenvalue weighted by Gasteiger charge is -2.13. The van der Waals surface area contributed by atoms with Gasteiger partial charge in [0.2, 0.25) is 5.91 Å². The minimum Gasteiger partial charge on any atom is -0.338 e. The molecule has 0 saturated heterocycles. The molecule has 5 heteroatoms. The Morgan fingerprint density at radius 3 is 2.79 bits per heavy atom. The Morgan fingerprint density at radius 2 is 2.08 bits per heavy atom. The van der Waals surface area contributed by atoms with E-state index in [-0.39, 0.29) is 5.91 Å². The number of amides is 1. The number of benzene rings is 1. The lowest BCUT2D eigenvalue weighted by Crippen LogP contribution is -2.23. The molecule has 0 fully saturated rings. The Labute approximate surface area is 145 Å². The van der Waals surface area contributed by atoms with Crippen LogP contribution < -0.4 is 0 Å². The molecule has 0 radical (unpaired) electrons. The topological polar surface area (TPSA) is 38.1 Å². The summed E-state index contributed by atoms with van der Waals surface area (Å²) in [6, 6.07) is 12.0.